The molecule has 1 aromatic heterocycles. The molecule has 3 aromatic rings. The third-order valence-corrected chi connectivity index (χ3v) is 6.39. The zero-order valence-corrected chi connectivity index (χ0v) is 17.5. The van der Waals surface area contributed by atoms with Crippen LogP contribution < -0.4 is 10.1 Å². The molecule has 2 aromatic carbocycles. The molecule has 158 valence electrons. The molecular weight excluding hydrogens is 434 g/mol. The lowest BCUT2D eigenvalue weighted by Crippen LogP contribution is -2.19. The number of hydrogen-bond acceptors (Lipinski definition) is 6. The maximum Gasteiger partial charge on any atom is 0.341 e. The van der Waals surface area contributed by atoms with Crippen LogP contribution in [0.4, 0.5) is 14.5 Å². The van der Waals surface area contributed by atoms with Crippen LogP contribution in [0, 0.1) is 0 Å². The minimum atomic E-state index is -4.84. The minimum absolute atomic E-state index is 0.128. The lowest BCUT2D eigenvalue weighted by Gasteiger charge is -2.10. The second-order valence-electron chi connectivity index (χ2n) is 6.13. The fraction of sp³-hybridized carbons (Fsp3) is 0.200. The summed E-state index contributed by atoms with van der Waals surface area (Å²) in [6, 6.07) is 12.4. The maximum absolute atomic E-state index is 12.9. The van der Waals surface area contributed by atoms with Crippen molar-refractivity contribution in [1.82, 2.24) is 4.98 Å². The van der Waals surface area contributed by atoms with E-state index >= 15 is 0 Å². The van der Waals surface area contributed by atoms with E-state index in [0.29, 0.717) is 17.3 Å². The van der Waals surface area contributed by atoms with Crippen molar-refractivity contribution in [3.05, 3.63) is 59.6 Å². The van der Waals surface area contributed by atoms with Gasteiger partial charge in [-0.05, 0) is 43.3 Å². The summed E-state index contributed by atoms with van der Waals surface area (Å²) >= 11 is 1.35. The third kappa shape index (κ3) is 5.00. The molecule has 0 atom stereocenters. The first-order valence-corrected chi connectivity index (χ1v) is 11.3. The number of carbonyl (C=O) groups is 1. The van der Waals surface area contributed by atoms with Gasteiger partial charge in [0.25, 0.3) is 0 Å². The molecule has 0 fully saturated rings. The van der Waals surface area contributed by atoms with Gasteiger partial charge in [0.1, 0.15) is 10.8 Å². The van der Waals surface area contributed by atoms with Crippen molar-refractivity contribution in [3.8, 4) is 16.3 Å². The number of alkyl halides is 2. The smallest absolute Gasteiger partial charge is 0.341 e. The predicted molar refractivity (Wildman–Crippen MR) is 111 cm³/mol. The number of ether oxygens (including phenoxy) is 1. The SMILES string of the molecule is CCOc1ccc(-c2nc(CC(=O)Nc3ccccc3S(=O)(=O)C(F)F)cs2)cc1. The Morgan fingerprint density at radius 2 is 1.87 bits per heavy atom. The van der Waals surface area contributed by atoms with Crippen molar-refractivity contribution < 1.29 is 26.7 Å². The molecule has 1 amide bonds. The standard InChI is InChI=1S/C20H18F2N2O4S2/c1-2-28-15-9-7-13(8-10-15)19-23-14(12-29-19)11-18(25)24-16-5-3-4-6-17(16)30(26,27)20(21)22/h3-10,12,20H,2,11H2,1H3,(H,24,25). The summed E-state index contributed by atoms with van der Waals surface area (Å²) in [5.41, 5.74) is 1.16. The van der Waals surface area contributed by atoms with Gasteiger partial charge in [0.15, 0.2) is 0 Å². The van der Waals surface area contributed by atoms with Gasteiger partial charge in [-0.25, -0.2) is 13.4 Å². The summed E-state index contributed by atoms with van der Waals surface area (Å²) < 4.78 is 54.7. The average Bonchev–Trinajstić information content (AvgIpc) is 3.17. The second kappa shape index (κ2) is 9.31. The summed E-state index contributed by atoms with van der Waals surface area (Å²) in [7, 11) is -4.84. The van der Waals surface area contributed by atoms with Crippen LogP contribution in [0.25, 0.3) is 10.6 Å². The normalized spacial score (nSPS) is 11.5. The fourth-order valence-electron chi connectivity index (χ4n) is 2.65. The van der Waals surface area contributed by atoms with Gasteiger partial charge < -0.3 is 10.1 Å². The van der Waals surface area contributed by atoms with Gasteiger partial charge in [-0.15, -0.1) is 11.3 Å². The number of rotatable bonds is 8. The largest absolute Gasteiger partial charge is 0.494 e. The number of aromatic nitrogens is 1. The number of benzene rings is 2. The molecule has 3 rings (SSSR count). The Labute approximate surface area is 176 Å². The minimum Gasteiger partial charge on any atom is -0.494 e. The van der Waals surface area contributed by atoms with Crippen LogP contribution in [0.5, 0.6) is 5.75 Å². The Balaban J connectivity index is 1.71. The Hall–Kier alpha value is -2.85. The van der Waals surface area contributed by atoms with Crippen LogP contribution in [-0.4, -0.2) is 31.7 Å². The van der Waals surface area contributed by atoms with Crippen LogP contribution in [0.2, 0.25) is 0 Å². The van der Waals surface area contributed by atoms with Gasteiger partial charge in [0.2, 0.25) is 15.7 Å². The van der Waals surface area contributed by atoms with Gasteiger partial charge in [0, 0.05) is 10.9 Å². The van der Waals surface area contributed by atoms with Crippen molar-refractivity contribution in [3.63, 3.8) is 0 Å². The van der Waals surface area contributed by atoms with Crippen LogP contribution in [0.3, 0.4) is 0 Å². The van der Waals surface area contributed by atoms with Crippen molar-refractivity contribution >= 4 is 32.8 Å². The maximum atomic E-state index is 12.9. The molecule has 1 N–H and O–H groups in total. The van der Waals surface area contributed by atoms with E-state index in [1.54, 1.807) is 5.38 Å². The Kier molecular flexibility index (Phi) is 6.78. The van der Waals surface area contributed by atoms with E-state index < -0.39 is 26.4 Å². The van der Waals surface area contributed by atoms with Crippen molar-refractivity contribution in [2.45, 2.75) is 24.0 Å². The van der Waals surface area contributed by atoms with E-state index in [0.717, 1.165) is 17.4 Å². The number of carbonyl (C=O) groups excluding carboxylic acids is 1. The number of sulfone groups is 1. The van der Waals surface area contributed by atoms with Gasteiger partial charge in [-0.2, -0.15) is 8.78 Å². The fourth-order valence-corrected chi connectivity index (χ4v) is 4.37. The van der Waals surface area contributed by atoms with Crippen molar-refractivity contribution in [2.75, 3.05) is 11.9 Å². The second-order valence-corrected chi connectivity index (χ2v) is 8.87. The number of nitrogens with zero attached hydrogens (tertiary/aromatic N) is 1. The summed E-state index contributed by atoms with van der Waals surface area (Å²) in [5.74, 6) is -3.39. The van der Waals surface area contributed by atoms with Gasteiger partial charge in [0.05, 0.1) is 29.3 Å². The number of amides is 1. The first-order chi connectivity index (χ1) is 14.3. The van der Waals surface area contributed by atoms with E-state index in [-0.39, 0.29) is 12.1 Å². The quantitative estimate of drug-likeness (QED) is 0.548. The number of thiazole rings is 1. The lowest BCUT2D eigenvalue weighted by atomic mass is 10.2. The van der Waals surface area contributed by atoms with E-state index in [1.807, 2.05) is 31.2 Å². The molecule has 6 nitrogen and oxygen atoms in total. The highest BCUT2D eigenvalue weighted by Gasteiger charge is 2.29. The first kappa shape index (κ1) is 21.8. The van der Waals surface area contributed by atoms with Gasteiger partial charge >= 0.3 is 5.76 Å². The van der Waals surface area contributed by atoms with Gasteiger partial charge in [-0.3, -0.25) is 4.79 Å². The molecule has 0 aliphatic rings. The van der Waals surface area contributed by atoms with Crippen LogP contribution >= 0.6 is 11.3 Å². The lowest BCUT2D eigenvalue weighted by molar-refractivity contribution is -0.115. The molecule has 1 heterocycles. The highest BCUT2D eigenvalue weighted by Crippen LogP contribution is 2.28. The number of hydrogen-bond donors (Lipinski definition) is 1. The molecule has 0 bridgehead atoms. The highest BCUT2D eigenvalue weighted by atomic mass is 32.2. The predicted octanol–water partition coefficient (Wildman–Crippen LogP) is 4.39. The van der Waals surface area contributed by atoms with Crippen LogP contribution in [0.1, 0.15) is 12.6 Å². The van der Waals surface area contributed by atoms with Crippen molar-refractivity contribution in [2.24, 2.45) is 0 Å². The first-order valence-electron chi connectivity index (χ1n) is 8.90. The van der Waals surface area contributed by atoms with E-state index in [9.17, 15) is 22.0 Å². The zero-order chi connectivity index (χ0) is 21.7. The van der Waals surface area contributed by atoms with E-state index in [1.165, 1.54) is 29.5 Å². The third-order valence-electron chi connectivity index (χ3n) is 4.01. The molecule has 0 spiro atoms. The number of nitrogens with one attached hydrogen (secondary N) is 1. The molecule has 30 heavy (non-hydrogen) atoms. The number of para-hydroxylation sites is 1. The average molecular weight is 453 g/mol. The molecular formula is C20H18F2N2O4S2. The van der Waals surface area contributed by atoms with Crippen LogP contribution in [-0.2, 0) is 21.1 Å². The van der Waals surface area contributed by atoms with Gasteiger partial charge in [-0.1, -0.05) is 12.1 Å². The highest BCUT2D eigenvalue weighted by molar-refractivity contribution is 7.91. The van der Waals surface area contributed by atoms with Crippen LogP contribution in [0.15, 0.2) is 58.8 Å². The number of anilines is 1. The zero-order valence-electron chi connectivity index (χ0n) is 15.8. The number of halogens is 2. The topological polar surface area (TPSA) is 85.4 Å². The van der Waals surface area contributed by atoms with E-state index in [4.69, 9.17) is 4.74 Å². The molecule has 0 unspecified atom stereocenters. The molecule has 10 heteroatoms. The summed E-state index contributed by atoms with van der Waals surface area (Å²) in [4.78, 5) is 16.1. The van der Waals surface area contributed by atoms with Crippen molar-refractivity contribution in [1.29, 1.82) is 0 Å². The summed E-state index contributed by atoms with van der Waals surface area (Å²) in [5, 5.41) is 4.81. The Bertz CT molecular complexity index is 1130. The molecule has 0 aliphatic carbocycles. The molecule has 0 saturated heterocycles. The Morgan fingerprint density at radius 1 is 1.17 bits per heavy atom. The summed E-state index contributed by atoms with van der Waals surface area (Å²) in [6.45, 7) is 2.46. The summed E-state index contributed by atoms with van der Waals surface area (Å²) in [6.07, 6.45) is -0.128. The monoisotopic (exact) mass is 452 g/mol. The molecule has 0 saturated carbocycles. The molecule has 0 radical (unpaired) electrons. The molecule has 0 aliphatic heterocycles. The Morgan fingerprint density at radius 3 is 2.53 bits per heavy atom. The van der Waals surface area contributed by atoms with E-state index in [2.05, 4.69) is 10.3 Å².